The highest BCUT2D eigenvalue weighted by molar-refractivity contribution is 5.04. The molecule has 0 spiro atoms. The van der Waals surface area contributed by atoms with Crippen molar-refractivity contribution >= 4 is 0 Å². The van der Waals surface area contributed by atoms with E-state index in [-0.39, 0.29) is 12.1 Å². The largest absolute Gasteiger partial charge is 0.394 e. The van der Waals surface area contributed by atoms with Crippen molar-refractivity contribution in [1.82, 2.24) is 15.1 Å². The van der Waals surface area contributed by atoms with Crippen molar-refractivity contribution in [1.29, 1.82) is 0 Å². The summed E-state index contributed by atoms with van der Waals surface area (Å²) in [6.45, 7) is 10.6. The van der Waals surface area contributed by atoms with Gasteiger partial charge in [0.2, 0.25) is 0 Å². The van der Waals surface area contributed by atoms with Crippen molar-refractivity contribution < 1.29 is 5.11 Å². The highest BCUT2D eigenvalue weighted by Gasteiger charge is 2.47. The van der Waals surface area contributed by atoms with E-state index in [9.17, 15) is 5.11 Å². The summed E-state index contributed by atoms with van der Waals surface area (Å²) in [5.41, 5.74) is -0.0506. The maximum absolute atomic E-state index is 10.1. The van der Waals surface area contributed by atoms with Crippen molar-refractivity contribution in [2.24, 2.45) is 5.92 Å². The highest BCUT2D eigenvalue weighted by Crippen LogP contribution is 2.41. The van der Waals surface area contributed by atoms with Crippen LogP contribution in [0.25, 0.3) is 0 Å². The molecule has 3 rings (SSSR count). The number of aliphatic hydroxyl groups excluding tert-OH is 1. The molecule has 0 bridgehead atoms. The van der Waals surface area contributed by atoms with Gasteiger partial charge in [0.05, 0.1) is 12.1 Å². The number of rotatable bonds is 7. The van der Waals surface area contributed by atoms with Gasteiger partial charge in [-0.05, 0) is 58.0 Å². The minimum Gasteiger partial charge on any atom is -0.394 e. The van der Waals surface area contributed by atoms with Gasteiger partial charge in [0.1, 0.15) is 0 Å². The number of aliphatic hydroxyl groups is 1. The number of fused-ring (bicyclic) bond motifs is 1. The molecule has 3 unspecified atom stereocenters. The zero-order chi connectivity index (χ0) is 14.9. The van der Waals surface area contributed by atoms with Gasteiger partial charge in [0.15, 0.2) is 0 Å². The third-order valence-corrected chi connectivity index (χ3v) is 5.92. The van der Waals surface area contributed by atoms with Crippen molar-refractivity contribution in [2.75, 3.05) is 39.3 Å². The summed E-state index contributed by atoms with van der Waals surface area (Å²) in [5, 5.41) is 13.8. The zero-order valence-corrected chi connectivity index (χ0v) is 13.9. The molecule has 3 atom stereocenters. The molecule has 0 amide bonds. The molecule has 0 radical (unpaired) electrons. The van der Waals surface area contributed by atoms with Crippen molar-refractivity contribution in [3.05, 3.63) is 0 Å². The first-order chi connectivity index (χ1) is 10.2. The number of piperazine rings is 1. The molecule has 4 nitrogen and oxygen atoms in total. The van der Waals surface area contributed by atoms with E-state index in [0.29, 0.717) is 12.0 Å². The van der Waals surface area contributed by atoms with E-state index in [1.165, 1.54) is 45.3 Å². The number of nitrogens with zero attached hydrogens (tertiary/aromatic N) is 2. The van der Waals surface area contributed by atoms with Crippen LogP contribution in [0, 0.1) is 5.92 Å². The molecule has 21 heavy (non-hydrogen) atoms. The van der Waals surface area contributed by atoms with Crippen LogP contribution in [0.1, 0.15) is 46.0 Å². The summed E-state index contributed by atoms with van der Waals surface area (Å²) in [4.78, 5) is 5.34. The monoisotopic (exact) mass is 295 g/mol. The fraction of sp³-hybridized carbons (Fsp3) is 1.00. The normalized spacial score (nSPS) is 33.9. The van der Waals surface area contributed by atoms with Crippen LogP contribution in [0.2, 0.25) is 0 Å². The molecule has 1 aliphatic carbocycles. The lowest BCUT2D eigenvalue weighted by Gasteiger charge is -2.47. The molecule has 0 aromatic heterocycles. The van der Waals surface area contributed by atoms with Gasteiger partial charge in [-0.2, -0.15) is 0 Å². The Morgan fingerprint density at radius 1 is 1.24 bits per heavy atom. The average molecular weight is 295 g/mol. The first-order valence-electron chi connectivity index (χ1n) is 9.02. The summed E-state index contributed by atoms with van der Waals surface area (Å²) in [6, 6.07) is 1.38. The Balaban J connectivity index is 1.66. The van der Waals surface area contributed by atoms with Crippen LogP contribution in [0.5, 0.6) is 0 Å². The van der Waals surface area contributed by atoms with Gasteiger partial charge >= 0.3 is 0 Å². The first kappa shape index (κ1) is 15.7. The molecule has 2 saturated heterocycles. The summed E-state index contributed by atoms with van der Waals surface area (Å²) in [5.74, 6) is 0.683. The second kappa shape index (κ2) is 6.53. The van der Waals surface area contributed by atoms with E-state index in [2.05, 4.69) is 29.0 Å². The molecule has 4 heteroatoms. The van der Waals surface area contributed by atoms with E-state index in [0.717, 1.165) is 25.6 Å². The predicted octanol–water partition coefficient (Wildman–Crippen LogP) is 1.30. The Bertz CT molecular complexity index is 347. The maximum Gasteiger partial charge on any atom is 0.0628 e. The quantitative estimate of drug-likeness (QED) is 0.742. The lowest BCUT2D eigenvalue weighted by Crippen LogP contribution is -2.64. The van der Waals surface area contributed by atoms with E-state index in [1.807, 2.05) is 0 Å². The van der Waals surface area contributed by atoms with E-state index in [4.69, 9.17) is 0 Å². The van der Waals surface area contributed by atoms with Gasteiger partial charge < -0.3 is 10.4 Å². The topological polar surface area (TPSA) is 38.7 Å². The zero-order valence-electron chi connectivity index (χ0n) is 13.9. The van der Waals surface area contributed by atoms with Crippen LogP contribution in [0.15, 0.2) is 0 Å². The van der Waals surface area contributed by atoms with Gasteiger partial charge in [-0.25, -0.2) is 0 Å². The summed E-state index contributed by atoms with van der Waals surface area (Å²) in [7, 11) is 0. The number of nitrogens with one attached hydrogen (secondary N) is 1. The van der Waals surface area contributed by atoms with Crippen LogP contribution >= 0.6 is 0 Å². The summed E-state index contributed by atoms with van der Waals surface area (Å²) < 4.78 is 0. The maximum atomic E-state index is 10.1. The lowest BCUT2D eigenvalue weighted by molar-refractivity contribution is 0.0159. The standard InChI is InChI=1S/C17H33N3O/c1-3-8-18-17(13-21,15-6-7-15)12-20-11-16-5-4-9-19(16)10-14(20)2/h14-16,18,21H,3-13H2,1-2H3. The number of hydrogen-bond donors (Lipinski definition) is 2. The fourth-order valence-electron chi connectivity index (χ4n) is 4.40. The van der Waals surface area contributed by atoms with Crippen molar-refractivity contribution in [2.45, 2.75) is 63.6 Å². The summed E-state index contributed by atoms with van der Waals surface area (Å²) in [6.07, 6.45) is 6.44. The molecule has 0 aromatic rings. The lowest BCUT2D eigenvalue weighted by atomic mass is 9.91. The Kier molecular flexibility index (Phi) is 4.89. The second-order valence-corrected chi connectivity index (χ2v) is 7.58. The predicted molar refractivity (Wildman–Crippen MR) is 86.5 cm³/mol. The summed E-state index contributed by atoms with van der Waals surface area (Å²) >= 11 is 0. The minimum absolute atomic E-state index is 0.0506. The fourth-order valence-corrected chi connectivity index (χ4v) is 4.40. The van der Waals surface area contributed by atoms with E-state index < -0.39 is 0 Å². The van der Waals surface area contributed by atoms with Crippen LogP contribution in [0.3, 0.4) is 0 Å². The first-order valence-corrected chi connectivity index (χ1v) is 9.02. The minimum atomic E-state index is -0.0506. The second-order valence-electron chi connectivity index (χ2n) is 7.58. The SMILES string of the molecule is CCCNC(CO)(CN1CC2CCCN2CC1C)C1CC1. The molecule has 3 fully saturated rings. The van der Waals surface area contributed by atoms with Gasteiger partial charge in [-0.15, -0.1) is 0 Å². The Morgan fingerprint density at radius 2 is 2.05 bits per heavy atom. The third kappa shape index (κ3) is 3.29. The van der Waals surface area contributed by atoms with Crippen LogP contribution in [-0.4, -0.2) is 71.9 Å². The molecule has 1 saturated carbocycles. The smallest absolute Gasteiger partial charge is 0.0628 e. The van der Waals surface area contributed by atoms with Crippen LogP contribution in [-0.2, 0) is 0 Å². The van der Waals surface area contributed by atoms with E-state index >= 15 is 0 Å². The molecule has 3 aliphatic rings. The molecule has 0 aromatic carbocycles. The molecule has 122 valence electrons. The highest BCUT2D eigenvalue weighted by atomic mass is 16.3. The Morgan fingerprint density at radius 3 is 2.71 bits per heavy atom. The Labute approximate surface area is 129 Å². The van der Waals surface area contributed by atoms with E-state index in [1.54, 1.807) is 0 Å². The van der Waals surface area contributed by atoms with Crippen molar-refractivity contribution in [3.8, 4) is 0 Å². The molecule has 2 aliphatic heterocycles. The van der Waals surface area contributed by atoms with Gasteiger partial charge in [0, 0.05) is 31.7 Å². The Hall–Kier alpha value is -0.160. The van der Waals surface area contributed by atoms with Gasteiger partial charge in [-0.1, -0.05) is 6.92 Å². The van der Waals surface area contributed by atoms with Crippen LogP contribution in [0.4, 0.5) is 0 Å². The molecular formula is C17H33N3O. The van der Waals surface area contributed by atoms with Gasteiger partial charge in [0.25, 0.3) is 0 Å². The molecular weight excluding hydrogens is 262 g/mol. The molecule has 2 heterocycles. The van der Waals surface area contributed by atoms with Gasteiger partial charge in [-0.3, -0.25) is 9.80 Å². The van der Waals surface area contributed by atoms with Crippen LogP contribution < -0.4 is 5.32 Å². The number of hydrogen-bond acceptors (Lipinski definition) is 4. The third-order valence-electron chi connectivity index (χ3n) is 5.92. The molecule has 2 N–H and O–H groups in total. The van der Waals surface area contributed by atoms with Crippen molar-refractivity contribution in [3.63, 3.8) is 0 Å². The average Bonchev–Trinajstić information content (AvgIpc) is 3.25.